The number of ether oxygens (including phenoxy) is 1. The number of hydrogen-bond acceptors (Lipinski definition) is 5. The number of nitrogens with one attached hydrogen (secondary N) is 2. The van der Waals surface area contributed by atoms with Crippen LogP contribution in [0.4, 0.5) is 11.4 Å². The van der Waals surface area contributed by atoms with Crippen LogP contribution in [0.25, 0.3) is 0 Å². The number of anilines is 2. The Morgan fingerprint density at radius 2 is 1.66 bits per heavy atom. The Balaban J connectivity index is 1.83. The number of benzene rings is 3. The van der Waals surface area contributed by atoms with E-state index in [0.717, 1.165) is 5.56 Å². The average molecular weight is 473 g/mol. The Hall–Kier alpha value is -3.36. The van der Waals surface area contributed by atoms with Crippen molar-refractivity contribution in [3.63, 3.8) is 0 Å². The van der Waals surface area contributed by atoms with Crippen LogP contribution >= 0.6 is 11.6 Å². The molecule has 7 nitrogen and oxygen atoms in total. The van der Waals surface area contributed by atoms with Crippen molar-refractivity contribution in [1.29, 1.82) is 0 Å². The number of halogens is 1. The van der Waals surface area contributed by atoms with Crippen molar-refractivity contribution < 1.29 is 22.7 Å². The second-order valence-electron chi connectivity index (χ2n) is 6.83. The van der Waals surface area contributed by atoms with Crippen LogP contribution in [0.3, 0.4) is 0 Å². The quantitative estimate of drug-likeness (QED) is 0.477. The molecule has 3 aromatic carbocycles. The number of esters is 1. The van der Waals surface area contributed by atoms with Crippen LogP contribution in [0.5, 0.6) is 0 Å². The third-order valence-electron chi connectivity index (χ3n) is 4.48. The minimum atomic E-state index is -3.90. The van der Waals surface area contributed by atoms with E-state index in [4.69, 9.17) is 16.3 Å². The molecule has 0 aliphatic rings. The lowest BCUT2D eigenvalue weighted by atomic mass is 10.1. The molecule has 0 saturated heterocycles. The highest BCUT2D eigenvalue weighted by atomic mass is 35.5. The monoisotopic (exact) mass is 472 g/mol. The predicted octanol–water partition coefficient (Wildman–Crippen LogP) is 4.88. The first-order valence-corrected chi connectivity index (χ1v) is 11.5. The van der Waals surface area contributed by atoms with E-state index in [1.807, 2.05) is 6.92 Å². The zero-order valence-corrected chi connectivity index (χ0v) is 19.0. The molecule has 0 saturated carbocycles. The molecule has 0 spiro atoms. The summed E-state index contributed by atoms with van der Waals surface area (Å²) in [7, 11) is -3.90. The first-order valence-electron chi connectivity index (χ1n) is 9.68. The van der Waals surface area contributed by atoms with Crippen molar-refractivity contribution in [2.45, 2.75) is 18.7 Å². The van der Waals surface area contributed by atoms with Gasteiger partial charge in [-0.1, -0.05) is 41.4 Å². The lowest BCUT2D eigenvalue weighted by molar-refractivity contribution is 0.0526. The molecular formula is C23H21ClN2O5S. The van der Waals surface area contributed by atoms with Gasteiger partial charge in [-0.2, -0.15) is 0 Å². The van der Waals surface area contributed by atoms with Gasteiger partial charge < -0.3 is 10.1 Å². The Bertz CT molecular complexity index is 1260. The van der Waals surface area contributed by atoms with Gasteiger partial charge in [0, 0.05) is 0 Å². The Kier molecular flexibility index (Phi) is 7.17. The first kappa shape index (κ1) is 23.3. The van der Waals surface area contributed by atoms with Gasteiger partial charge in [0.2, 0.25) is 0 Å². The summed E-state index contributed by atoms with van der Waals surface area (Å²) in [4.78, 5) is 24.8. The second-order valence-corrected chi connectivity index (χ2v) is 8.92. The molecule has 0 atom stereocenters. The fourth-order valence-electron chi connectivity index (χ4n) is 2.84. The summed E-state index contributed by atoms with van der Waals surface area (Å²) in [5.74, 6) is -1.10. The minimum absolute atomic E-state index is 0.0795. The molecule has 0 unspecified atom stereocenters. The maximum atomic E-state index is 12.9. The smallest absolute Gasteiger partial charge is 0.338 e. The number of hydrogen-bond donors (Lipinski definition) is 2. The summed E-state index contributed by atoms with van der Waals surface area (Å²) in [5.41, 5.74) is 1.66. The van der Waals surface area contributed by atoms with Crippen LogP contribution in [-0.2, 0) is 14.8 Å². The molecule has 0 aliphatic carbocycles. The van der Waals surface area contributed by atoms with Crippen LogP contribution in [0, 0.1) is 6.92 Å². The normalized spacial score (nSPS) is 11.0. The molecule has 0 fully saturated rings. The first-order chi connectivity index (χ1) is 15.2. The summed E-state index contributed by atoms with van der Waals surface area (Å²) in [6.45, 7) is 3.77. The number of carbonyl (C=O) groups excluding carboxylic acids is 2. The van der Waals surface area contributed by atoms with E-state index in [9.17, 15) is 18.0 Å². The standard InChI is InChI=1S/C23H21ClN2O5S/c1-3-31-23(28)16-10-13-21(19(24)14-16)25-22(27)18-6-4-5-7-20(18)26-32(29,30)17-11-8-15(2)9-12-17/h4-14,26H,3H2,1-2H3,(H,25,27). The SMILES string of the molecule is CCOC(=O)c1ccc(NC(=O)c2ccccc2NS(=O)(=O)c2ccc(C)cc2)c(Cl)c1. The zero-order chi connectivity index (χ0) is 23.3. The summed E-state index contributed by atoms with van der Waals surface area (Å²) in [5, 5.41) is 2.78. The van der Waals surface area contributed by atoms with Crippen molar-refractivity contribution in [1.82, 2.24) is 0 Å². The maximum absolute atomic E-state index is 12.9. The van der Waals surface area contributed by atoms with Gasteiger partial charge in [-0.15, -0.1) is 0 Å². The predicted molar refractivity (Wildman–Crippen MR) is 124 cm³/mol. The van der Waals surface area contributed by atoms with Gasteiger partial charge in [0.15, 0.2) is 0 Å². The summed E-state index contributed by atoms with van der Waals surface area (Å²) < 4.78 is 32.9. The van der Waals surface area contributed by atoms with Crippen molar-refractivity contribution in [3.05, 3.63) is 88.4 Å². The largest absolute Gasteiger partial charge is 0.462 e. The van der Waals surface area contributed by atoms with E-state index < -0.39 is 21.9 Å². The third-order valence-corrected chi connectivity index (χ3v) is 6.17. The van der Waals surface area contributed by atoms with Gasteiger partial charge in [-0.25, -0.2) is 13.2 Å². The molecule has 9 heteroatoms. The van der Waals surface area contributed by atoms with Gasteiger partial charge in [0.25, 0.3) is 15.9 Å². The summed E-state index contributed by atoms with van der Waals surface area (Å²) in [6, 6.07) is 16.9. The molecule has 0 aliphatic heterocycles. The van der Waals surface area contributed by atoms with Gasteiger partial charge in [0.05, 0.1) is 39.0 Å². The lowest BCUT2D eigenvalue weighted by Crippen LogP contribution is -2.19. The number of para-hydroxylation sites is 1. The van der Waals surface area contributed by atoms with Crippen LogP contribution in [0.15, 0.2) is 71.6 Å². The molecule has 0 heterocycles. The van der Waals surface area contributed by atoms with E-state index in [-0.39, 0.29) is 39.0 Å². The molecule has 3 rings (SSSR count). The van der Waals surface area contributed by atoms with E-state index in [2.05, 4.69) is 10.0 Å². The minimum Gasteiger partial charge on any atom is -0.462 e. The highest BCUT2D eigenvalue weighted by Gasteiger charge is 2.19. The fraction of sp³-hybridized carbons (Fsp3) is 0.130. The van der Waals surface area contributed by atoms with Crippen molar-refractivity contribution in [3.8, 4) is 0 Å². The molecule has 32 heavy (non-hydrogen) atoms. The van der Waals surface area contributed by atoms with Crippen LogP contribution in [-0.4, -0.2) is 26.9 Å². The molecule has 0 aromatic heterocycles. The molecule has 0 bridgehead atoms. The van der Waals surface area contributed by atoms with E-state index in [1.54, 1.807) is 31.2 Å². The summed E-state index contributed by atoms with van der Waals surface area (Å²) in [6.07, 6.45) is 0. The van der Waals surface area contributed by atoms with Crippen molar-refractivity contribution in [2.24, 2.45) is 0 Å². The number of aryl methyl sites for hydroxylation is 1. The van der Waals surface area contributed by atoms with E-state index >= 15 is 0 Å². The van der Waals surface area contributed by atoms with Crippen LogP contribution in [0.2, 0.25) is 5.02 Å². The van der Waals surface area contributed by atoms with Gasteiger partial charge in [0.1, 0.15) is 0 Å². The number of amides is 1. The number of rotatable bonds is 7. The topological polar surface area (TPSA) is 102 Å². The number of carbonyl (C=O) groups is 2. The van der Waals surface area contributed by atoms with Gasteiger partial charge in [-0.05, 0) is 56.3 Å². The Morgan fingerprint density at radius 1 is 0.969 bits per heavy atom. The maximum Gasteiger partial charge on any atom is 0.338 e. The van der Waals surface area contributed by atoms with E-state index in [0.29, 0.717) is 0 Å². The molecule has 1 amide bonds. The van der Waals surface area contributed by atoms with E-state index in [1.165, 1.54) is 42.5 Å². The van der Waals surface area contributed by atoms with Crippen molar-refractivity contribution in [2.75, 3.05) is 16.6 Å². The van der Waals surface area contributed by atoms with Crippen molar-refractivity contribution >= 4 is 44.9 Å². The molecule has 0 radical (unpaired) electrons. The molecule has 3 aromatic rings. The average Bonchev–Trinajstić information content (AvgIpc) is 2.75. The fourth-order valence-corrected chi connectivity index (χ4v) is 4.15. The Morgan fingerprint density at radius 3 is 2.31 bits per heavy atom. The van der Waals surface area contributed by atoms with Gasteiger partial charge in [-0.3, -0.25) is 9.52 Å². The Labute approximate surface area is 191 Å². The second kappa shape index (κ2) is 9.84. The summed E-state index contributed by atoms with van der Waals surface area (Å²) >= 11 is 6.21. The molecule has 2 N–H and O–H groups in total. The lowest BCUT2D eigenvalue weighted by Gasteiger charge is -2.14. The highest BCUT2D eigenvalue weighted by molar-refractivity contribution is 7.92. The van der Waals surface area contributed by atoms with Crippen LogP contribution in [0.1, 0.15) is 33.2 Å². The zero-order valence-electron chi connectivity index (χ0n) is 17.4. The van der Waals surface area contributed by atoms with Crippen LogP contribution < -0.4 is 10.0 Å². The highest BCUT2D eigenvalue weighted by Crippen LogP contribution is 2.26. The number of sulfonamides is 1. The molecular weight excluding hydrogens is 452 g/mol. The third kappa shape index (κ3) is 5.46. The van der Waals surface area contributed by atoms with Gasteiger partial charge >= 0.3 is 5.97 Å². The molecule has 166 valence electrons.